The minimum Gasteiger partial charge on any atom is -0.444 e. The molecule has 1 aromatic carbocycles. The summed E-state index contributed by atoms with van der Waals surface area (Å²) in [6.45, 7) is 8.56. The fraction of sp³-hybridized carbons (Fsp3) is 0.640. The number of carbonyl (C=O) groups excluding carboxylic acids is 3. The summed E-state index contributed by atoms with van der Waals surface area (Å²) in [5, 5.41) is 5.33. The van der Waals surface area contributed by atoms with Crippen LogP contribution in [0.5, 0.6) is 0 Å². The summed E-state index contributed by atoms with van der Waals surface area (Å²) < 4.78 is 20.5. The molecule has 3 saturated heterocycles. The summed E-state index contributed by atoms with van der Waals surface area (Å²) in [7, 11) is 0. The number of rotatable bonds is 3. The van der Waals surface area contributed by atoms with Crippen molar-refractivity contribution in [3.63, 3.8) is 0 Å². The van der Waals surface area contributed by atoms with Crippen LogP contribution in [0, 0.1) is 11.2 Å². The summed E-state index contributed by atoms with van der Waals surface area (Å²) in [5.74, 6) is -0.976. The fourth-order valence-corrected chi connectivity index (χ4v) is 5.10. The molecule has 8 nitrogen and oxygen atoms in total. The van der Waals surface area contributed by atoms with Crippen molar-refractivity contribution in [3.05, 3.63) is 24.0 Å². The molecule has 34 heavy (non-hydrogen) atoms. The molecular weight excluding hydrogens is 439 g/mol. The van der Waals surface area contributed by atoms with E-state index < -0.39 is 11.6 Å². The highest BCUT2D eigenvalue weighted by Gasteiger charge is 2.39. The summed E-state index contributed by atoms with van der Waals surface area (Å²) >= 11 is 0. The summed E-state index contributed by atoms with van der Waals surface area (Å²) in [4.78, 5) is 39.5. The standard InChI is InChI=1S/C25H35FN4O4/c1-24(2,3)34-23(33)30-14-10-25(11-15-30)8-12-29(13-9-25)20-6-4-17(16-18(20)26)27-19-5-7-21(31)28-22(19)32/h4,6,16,19,27H,5,7-15H2,1-3H3,(H,28,31,32). The molecular formula is C25H35FN4O4. The number of likely N-dealkylation sites (tertiary alicyclic amines) is 1. The maximum absolute atomic E-state index is 15.0. The molecule has 3 aliphatic rings. The number of hydrogen-bond donors (Lipinski definition) is 2. The van der Waals surface area contributed by atoms with Crippen molar-refractivity contribution in [2.24, 2.45) is 5.41 Å². The van der Waals surface area contributed by atoms with Gasteiger partial charge in [-0.25, -0.2) is 9.18 Å². The highest BCUT2D eigenvalue weighted by Crippen LogP contribution is 2.42. The average Bonchev–Trinajstić information content (AvgIpc) is 2.76. The first-order chi connectivity index (χ1) is 16.0. The third-order valence-corrected chi connectivity index (χ3v) is 7.17. The molecule has 0 saturated carbocycles. The van der Waals surface area contributed by atoms with E-state index in [0.29, 0.717) is 30.9 Å². The SMILES string of the molecule is CC(C)(C)OC(=O)N1CCC2(CC1)CCN(c1ccc(NC3CCC(=O)NC3=O)cc1F)CC2. The second-order valence-corrected chi connectivity index (χ2v) is 10.8. The first kappa shape index (κ1) is 24.3. The van der Waals surface area contributed by atoms with Crippen LogP contribution >= 0.6 is 0 Å². The molecule has 186 valence electrons. The van der Waals surface area contributed by atoms with Gasteiger partial charge in [-0.3, -0.25) is 14.9 Å². The molecule has 9 heteroatoms. The monoisotopic (exact) mass is 474 g/mol. The Bertz CT molecular complexity index is 943. The van der Waals surface area contributed by atoms with Crippen molar-refractivity contribution in [1.82, 2.24) is 10.2 Å². The highest BCUT2D eigenvalue weighted by atomic mass is 19.1. The van der Waals surface area contributed by atoms with Crippen molar-refractivity contribution in [1.29, 1.82) is 0 Å². The van der Waals surface area contributed by atoms with Crippen molar-refractivity contribution in [3.8, 4) is 0 Å². The second-order valence-electron chi connectivity index (χ2n) is 10.8. The maximum atomic E-state index is 15.0. The Morgan fingerprint density at radius 1 is 1.12 bits per heavy atom. The number of nitrogens with one attached hydrogen (secondary N) is 2. The highest BCUT2D eigenvalue weighted by molar-refractivity contribution is 6.01. The molecule has 2 N–H and O–H groups in total. The molecule has 1 unspecified atom stereocenters. The van der Waals surface area contributed by atoms with Gasteiger partial charge in [0.15, 0.2) is 0 Å². The Hall–Kier alpha value is -2.84. The van der Waals surface area contributed by atoms with Gasteiger partial charge < -0.3 is 19.9 Å². The van der Waals surface area contributed by atoms with E-state index in [1.807, 2.05) is 20.8 Å². The largest absolute Gasteiger partial charge is 0.444 e. The van der Waals surface area contributed by atoms with Crippen LogP contribution in [-0.2, 0) is 14.3 Å². The van der Waals surface area contributed by atoms with E-state index in [1.54, 1.807) is 17.0 Å². The first-order valence-electron chi connectivity index (χ1n) is 12.2. The molecule has 3 aliphatic heterocycles. The van der Waals surface area contributed by atoms with Crippen LogP contribution in [0.25, 0.3) is 0 Å². The van der Waals surface area contributed by atoms with Crippen molar-refractivity contribution in [2.45, 2.75) is 70.9 Å². The van der Waals surface area contributed by atoms with Gasteiger partial charge in [-0.1, -0.05) is 0 Å². The Kier molecular flexibility index (Phi) is 6.73. The number of amides is 3. The number of ether oxygens (including phenoxy) is 1. The van der Waals surface area contributed by atoms with Gasteiger partial charge in [0.25, 0.3) is 0 Å². The van der Waals surface area contributed by atoms with E-state index in [0.717, 1.165) is 38.8 Å². The molecule has 0 radical (unpaired) electrons. The third kappa shape index (κ3) is 5.62. The molecule has 0 aromatic heterocycles. The topological polar surface area (TPSA) is 91.0 Å². The van der Waals surface area contributed by atoms with Gasteiger partial charge in [0.2, 0.25) is 11.8 Å². The molecule has 1 spiro atoms. The van der Waals surface area contributed by atoms with E-state index in [4.69, 9.17) is 4.74 Å². The Labute approximate surface area is 200 Å². The number of imide groups is 1. The number of nitrogens with zero attached hydrogens (tertiary/aromatic N) is 2. The zero-order valence-electron chi connectivity index (χ0n) is 20.3. The minimum atomic E-state index is -0.538. The Morgan fingerprint density at radius 3 is 2.35 bits per heavy atom. The molecule has 4 rings (SSSR count). The predicted octanol–water partition coefficient (Wildman–Crippen LogP) is 3.66. The molecule has 3 fully saturated rings. The number of halogens is 1. The van der Waals surface area contributed by atoms with Gasteiger partial charge in [0.05, 0.1) is 5.69 Å². The minimum absolute atomic E-state index is 0.193. The van der Waals surface area contributed by atoms with Gasteiger partial charge in [-0.05, 0) is 76.5 Å². The second kappa shape index (κ2) is 9.43. The van der Waals surface area contributed by atoms with Crippen molar-refractivity contribution in [2.75, 3.05) is 36.4 Å². The third-order valence-electron chi connectivity index (χ3n) is 7.17. The molecule has 0 bridgehead atoms. The molecule has 3 heterocycles. The van der Waals surface area contributed by atoms with Crippen LogP contribution in [0.15, 0.2) is 18.2 Å². The fourth-order valence-electron chi connectivity index (χ4n) is 5.10. The Balaban J connectivity index is 1.30. The van der Waals surface area contributed by atoms with Gasteiger partial charge in [0, 0.05) is 38.3 Å². The van der Waals surface area contributed by atoms with Crippen LogP contribution in [0.1, 0.15) is 59.3 Å². The zero-order valence-corrected chi connectivity index (χ0v) is 20.3. The molecule has 3 amide bonds. The number of carbonyl (C=O) groups is 3. The first-order valence-corrected chi connectivity index (χ1v) is 12.2. The number of benzene rings is 1. The summed E-state index contributed by atoms with van der Waals surface area (Å²) in [5.41, 5.74) is 0.793. The summed E-state index contributed by atoms with van der Waals surface area (Å²) in [6, 6.07) is 4.42. The zero-order chi connectivity index (χ0) is 24.5. The van der Waals surface area contributed by atoms with E-state index in [9.17, 15) is 18.8 Å². The molecule has 0 aliphatic carbocycles. The van der Waals surface area contributed by atoms with Gasteiger partial charge >= 0.3 is 6.09 Å². The van der Waals surface area contributed by atoms with E-state index >= 15 is 0 Å². The normalized spacial score (nSPS) is 23.0. The number of piperidine rings is 3. The molecule has 1 aromatic rings. The quantitative estimate of drug-likeness (QED) is 0.650. The number of hydrogen-bond acceptors (Lipinski definition) is 6. The van der Waals surface area contributed by atoms with Crippen molar-refractivity contribution >= 4 is 29.3 Å². The van der Waals surface area contributed by atoms with Crippen LogP contribution in [0.4, 0.5) is 20.6 Å². The van der Waals surface area contributed by atoms with Crippen LogP contribution in [0.2, 0.25) is 0 Å². The van der Waals surface area contributed by atoms with Gasteiger partial charge in [0.1, 0.15) is 17.5 Å². The summed E-state index contributed by atoms with van der Waals surface area (Å²) in [6.07, 6.45) is 4.24. The average molecular weight is 475 g/mol. The van der Waals surface area contributed by atoms with Gasteiger partial charge in [-0.2, -0.15) is 0 Å². The molecule has 1 atom stereocenters. The predicted molar refractivity (Wildman–Crippen MR) is 127 cm³/mol. The lowest BCUT2D eigenvalue weighted by atomic mass is 9.71. The lowest BCUT2D eigenvalue weighted by Crippen LogP contribution is -2.49. The Morgan fingerprint density at radius 2 is 1.76 bits per heavy atom. The van der Waals surface area contributed by atoms with Crippen molar-refractivity contribution < 1.29 is 23.5 Å². The maximum Gasteiger partial charge on any atom is 0.410 e. The van der Waals surface area contributed by atoms with Crippen LogP contribution < -0.4 is 15.5 Å². The lowest BCUT2D eigenvalue weighted by Gasteiger charge is -2.47. The number of anilines is 2. The van der Waals surface area contributed by atoms with E-state index in [-0.39, 0.29) is 35.6 Å². The van der Waals surface area contributed by atoms with E-state index in [1.165, 1.54) is 6.07 Å². The smallest absolute Gasteiger partial charge is 0.410 e. The van der Waals surface area contributed by atoms with E-state index in [2.05, 4.69) is 15.5 Å². The van der Waals surface area contributed by atoms with Crippen LogP contribution in [0.3, 0.4) is 0 Å². The lowest BCUT2D eigenvalue weighted by molar-refractivity contribution is -0.133. The van der Waals surface area contributed by atoms with Crippen LogP contribution in [-0.4, -0.2) is 60.6 Å². The van der Waals surface area contributed by atoms with Gasteiger partial charge in [-0.15, -0.1) is 0 Å².